The fraction of sp³-hybridized carbons (Fsp3) is 0.400. The number of unbranched alkanes of at least 4 members (excludes halogenated alkanes) is 1. The summed E-state index contributed by atoms with van der Waals surface area (Å²) in [5.74, 6) is -0.413. The Balaban J connectivity index is 2.07. The van der Waals surface area contributed by atoms with E-state index in [9.17, 15) is 14.4 Å². The number of rotatable bonds is 6. The lowest BCUT2D eigenvalue weighted by Crippen LogP contribution is -2.37. The van der Waals surface area contributed by atoms with Gasteiger partial charge in [0, 0.05) is 32.8 Å². The third kappa shape index (κ3) is 4.25. The van der Waals surface area contributed by atoms with Crippen molar-refractivity contribution in [3.05, 3.63) is 43.7 Å². The standard InChI is InChI=1S/C15H19N5O3S/c1-4-5-6-12-17-18-14(24-12)16-11(21)8-7-10-9-19(2)15(23)20(3)13(10)22/h7-9H,4-6H2,1-3H3,(H,16,18,21)/b8-7+. The number of anilines is 1. The maximum Gasteiger partial charge on any atom is 0.330 e. The van der Waals surface area contributed by atoms with Gasteiger partial charge in [0.15, 0.2) is 0 Å². The van der Waals surface area contributed by atoms with Gasteiger partial charge in [0.2, 0.25) is 11.0 Å². The summed E-state index contributed by atoms with van der Waals surface area (Å²) in [5.41, 5.74) is -0.634. The minimum atomic E-state index is -0.458. The van der Waals surface area contributed by atoms with Gasteiger partial charge in [-0.2, -0.15) is 0 Å². The molecule has 128 valence electrons. The van der Waals surface area contributed by atoms with Crippen molar-refractivity contribution in [3.63, 3.8) is 0 Å². The summed E-state index contributed by atoms with van der Waals surface area (Å²) >= 11 is 1.33. The predicted molar refractivity (Wildman–Crippen MR) is 93.1 cm³/mol. The highest BCUT2D eigenvalue weighted by molar-refractivity contribution is 7.15. The number of carbonyl (C=O) groups excluding carboxylic acids is 1. The van der Waals surface area contributed by atoms with Crippen LogP contribution in [0.2, 0.25) is 0 Å². The van der Waals surface area contributed by atoms with Crippen LogP contribution in [-0.2, 0) is 25.3 Å². The molecule has 9 heteroatoms. The van der Waals surface area contributed by atoms with E-state index in [1.165, 1.54) is 48.3 Å². The summed E-state index contributed by atoms with van der Waals surface area (Å²) in [6.07, 6.45) is 6.93. The quantitative estimate of drug-likeness (QED) is 0.782. The van der Waals surface area contributed by atoms with Crippen LogP contribution in [-0.4, -0.2) is 25.2 Å². The zero-order valence-electron chi connectivity index (χ0n) is 13.8. The first-order valence-corrected chi connectivity index (χ1v) is 8.32. The van der Waals surface area contributed by atoms with Crippen molar-refractivity contribution in [3.8, 4) is 0 Å². The molecule has 0 aliphatic carbocycles. The molecule has 1 amide bonds. The topological polar surface area (TPSA) is 98.9 Å². The molecule has 0 aliphatic rings. The Bertz CT molecular complexity index is 878. The van der Waals surface area contributed by atoms with E-state index in [-0.39, 0.29) is 5.56 Å². The Morgan fingerprint density at radius 2 is 2.08 bits per heavy atom. The van der Waals surface area contributed by atoms with Crippen LogP contribution in [0.5, 0.6) is 0 Å². The van der Waals surface area contributed by atoms with E-state index in [1.807, 2.05) is 0 Å². The molecule has 0 radical (unpaired) electrons. The Hall–Kier alpha value is -2.55. The number of amides is 1. The highest BCUT2D eigenvalue weighted by atomic mass is 32.1. The Kier molecular flexibility index (Phi) is 5.80. The number of aromatic nitrogens is 4. The molecule has 0 aromatic carbocycles. The largest absolute Gasteiger partial charge is 0.330 e. The summed E-state index contributed by atoms with van der Waals surface area (Å²) in [7, 11) is 2.93. The summed E-state index contributed by atoms with van der Waals surface area (Å²) in [4.78, 5) is 35.5. The first-order valence-electron chi connectivity index (χ1n) is 7.50. The summed E-state index contributed by atoms with van der Waals surface area (Å²) < 4.78 is 2.27. The van der Waals surface area contributed by atoms with Crippen molar-refractivity contribution in [1.29, 1.82) is 0 Å². The fourth-order valence-corrected chi connectivity index (χ4v) is 2.78. The summed E-state index contributed by atoms with van der Waals surface area (Å²) in [6.45, 7) is 2.10. The maximum atomic E-state index is 12.0. The number of nitrogens with zero attached hydrogens (tertiary/aromatic N) is 4. The molecule has 0 saturated heterocycles. The molecule has 0 unspecified atom stereocenters. The van der Waals surface area contributed by atoms with Gasteiger partial charge in [-0.15, -0.1) is 10.2 Å². The van der Waals surface area contributed by atoms with Gasteiger partial charge in [0.05, 0.1) is 5.56 Å². The fourth-order valence-electron chi connectivity index (χ4n) is 2.00. The van der Waals surface area contributed by atoms with Crippen LogP contribution < -0.4 is 16.6 Å². The Morgan fingerprint density at radius 1 is 1.33 bits per heavy atom. The molecule has 1 N–H and O–H groups in total. The number of hydrogen-bond acceptors (Lipinski definition) is 6. The van der Waals surface area contributed by atoms with E-state index < -0.39 is 17.2 Å². The van der Waals surface area contributed by atoms with E-state index in [2.05, 4.69) is 22.4 Å². The molecule has 2 heterocycles. The number of nitrogens with one attached hydrogen (secondary N) is 1. The minimum absolute atomic E-state index is 0.246. The van der Waals surface area contributed by atoms with Crippen LogP contribution in [0.1, 0.15) is 30.3 Å². The van der Waals surface area contributed by atoms with E-state index in [1.54, 1.807) is 0 Å². The van der Waals surface area contributed by atoms with Crippen molar-refractivity contribution >= 4 is 28.5 Å². The molecule has 0 atom stereocenters. The number of carbonyl (C=O) groups is 1. The SMILES string of the molecule is CCCCc1nnc(NC(=O)/C=C/c2cn(C)c(=O)n(C)c2=O)s1. The van der Waals surface area contributed by atoms with Crippen LogP contribution in [0.3, 0.4) is 0 Å². The summed E-state index contributed by atoms with van der Waals surface area (Å²) in [6, 6.07) is 0. The lowest BCUT2D eigenvalue weighted by atomic mass is 10.3. The van der Waals surface area contributed by atoms with Gasteiger partial charge >= 0.3 is 5.69 Å². The van der Waals surface area contributed by atoms with Crippen molar-refractivity contribution in [2.24, 2.45) is 14.1 Å². The molecule has 0 fully saturated rings. The third-order valence-electron chi connectivity index (χ3n) is 3.33. The maximum absolute atomic E-state index is 12.0. The second kappa shape index (κ2) is 7.82. The monoisotopic (exact) mass is 349 g/mol. The van der Waals surface area contributed by atoms with Crippen LogP contribution >= 0.6 is 11.3 Å². The molecule has 8 nitrogen and oxygen atoms in total. The molecule has 0 saturated carbocycles. The summed E-state index contributed by atoms with van der Waals surface area (Å²) in [5, 5.41) is 11.8. The molecule has 24 heavy (non-hydrogen) atoms. The second-order valence-electron chi connectivity index (χ2n) is 5.27. The van der Waals surface area contributed by atoms with E-state index in [0.717, 1.165) is 28.8 Å². The second-order valence-corrected chi connectivity index (χ2v) is 6.33. The van der Waals surface area contributed by atoms with E-state index >= 15 is 0 Å². The first-order chi connectivity index (χ1) is 11.4. The zero-order valence-corrected chi connectivity index (χ0v) is 14.6. The minimum Gasteiger partial charge on any atom is -0.303 e. The third-order valence-corrected chi connectivity index (χ3v) is 4.23. The average molecular weight is 349 g/mol. The van der Waals surface area contributed by atoms with Crippen LogP contribution in [0.25, 0.3) is 6.08 Å². The van der Waals surface area contributed by atoms with Gasteiger partial charge < -0.3 is 4.57 Å². The number of aryl methyl sites for hydroxylation is 2. The van der Waals surface area contributed by atoms with Crippen molar-refractivity contribution in [1.82, 2.24) is 19.3 Å². The molecular weight excluding hydrogens is 330 g/mol. The Labute approximate surface area is 142 Å². The van der Waals surface area contributed by atoms with Gasteiger partial charge in [0.25, 0.3) is 5.56 Å². The predicted octanol–water partition coefficient (Wildman–Crippen LogP) is 0.930. The molecular formula is C15H19N5O3S. The van der Waals surface area contributed by atoms with Crippen LogP contribution in [0.15, 0.2) is 21.9 Å². The van der Waals surface area contributed by atoms with E-state index in [0.29, 0.717) is 5.13 Å². The highest BCUT2D eigenvalue weighted by Crippen LogP contribution is 2.17. The lowest BCUT2D eigenvalue weighted by Gasteiger charge is -2.03. The van der Waals surface area contributed by atoms with Crippen LogP contribution in [0, 0.1) is 0 Å². The molecule has 0 aliphatic heterocycles. The van der Waals surface area contributed by atoms with Crippen molar-refractivity contribution in [2.75, 3.05) is 5.32 Å². The zero-order chi connectivity index (χ0) is 17.7. The van der Waals surface area contributed by atoms with Gasteiger partial charge in [-0.05, 0) is 12.5 Å². The molecule has 2 aromatic rings. The molecule has 2 rings (SSSR count). The van der Waals surface area contributed by atoms with Gasteiger partial charge in [-0.3, -0.25) is 19.5 Å². The lowest BCUT2D eigenvalue weighted by molar-refractivity contribution is -0.111. The van der Waals surface area contributed by atoms with Gasteiger partial charge in [0.1, 0.15) is 5.01 Å². The smallest absolute Gasteiger partial charge is 0.303 e. The number of hydrogen-bond donors (Lipinski definition) is 1. The van der Waals surface area contributed by atoms with Gasteiger partial charge in [-0.25, -0.2) is 4.79 Å². The van der Waals surface area contributed by atoms with Gasteiger partial charge in [-0.1, -0.05) is 24.7 Å². The Morgan fingerprint density at radius 3 is 2.79 bits per heavy atom. The molecule has 0 spiro atoms. The van der Waals surface area contributed by atoms with Crippen molar-refractivity contribution in [2.45, 2.75) is 26.2 Å². The van der Waals surface area contributed by atoms with Crippen molar-refractivity contribution < 1.29 is 4.79 Å². The molecule has 0 bridgehead atoms. The highest BCUT2D eigenvalue weighted by Gasteiger charge is 2.07. The average Bonchev–Trinajstić information content (AvgIpc) is 3.00. The normalized spacial score (nSPS) is 11.1. The molecule has 2 aromatic heterocycles. The van der Waals surface area contributed by atoms with Crippen LogP contribution in [0.4, 0.5) is 5.13 Å². The first kappa shape index (κ1) is 17.8. The van der Waals surface area contributed by atoms with E-state index in [4.69, 9.17) is 0 Å².